The Morgan fingerprint density at radius 3 is 2.65 bits per heavy atom. The molecule has 3 rings (SSSR count). The Bertz CT molecular complexity index is 795. The summed E-state index contributed by atoms with van der Waals surface area (Å²) in [6, 6.07) is 12.1. The molecule has 2 amide bonds. The minimum atomic E-state index is -0.633. The van der Waals surface area contributed by atoms with Gasteiger partial charge in [0.05, 0.1) is 5.56 Å². The molecule has 1 aliphatic rings. The van der Waals surface area contributed by atoms with Crippen molar-refractivity contribution in [1.82, 2.24) is 10.4 Å². The normalized spacial score (nSPS) is 16.6. The molecule has 0 radical (unpaired) electrons. The van der Waals surface area contributed by atoms with Crippen molar-refractivity contribution in [3.8, 4) is 0 Å². The lowest BCUT2D eigenvalue weighted by atomic mass is 10.0. The van der Waals surface area contributed by atoms with E-state index in [-0.39, 0.29) is 11.8 Å². The first-order valence-corrected chi connectivity index (χ1v) is 7.64. The molecule has 2 aromatic rings. The molecule has 0 saturated heterocycles. The van der Waals surface area contributed by atoms with Gasteiger partial charge in [0.2, 0.25) is 5.91 Å². The van der Waals surface area contributed by atoms with E-state index in [0.717, 1.165) is 0 Å². The van der Waals surface area contributed by atoms with E-state index < -0.39 is 6.17 Å². The van der Waals surface area contributed by atoms with Crippen molar-refractivity contribution in [2.45, 2.75) is 13.1 Å². The van der Waals surface area contributed by atoms with Crippen LogP contribution in [-0.4, -0.2) is 16.8 Å². The third-order valence-electron chi connectivity index (χ3n) is 3.46. The number of para-hydroxylation sites is 1. The second kappa shape index (κ2) is 6.10. The smallest absolute Gasteiger partial charge is 0.276 e. The van der Waals surface area contributed by atoms with Crippen LogP contribution in [0.5, 0.6) is 0 Å². The molecule has 0 aromatic heterocycles. The van der Waals surface area contributed by atoms with Gasteiger partial charge in [-0.05, 0) is 24.3 Å². The van der Waals surface area contributed by atoms with E-state index in [1.165, 1.54) is 11.9 Å². The van der Waals surface area contributed by atoms with Crippen LogP contribution < -0.4 is 10.7 Å². The van der Waals surface area contributed by atoms with Gasteiger partial charge in [0, 0.05) is 28.2 Å². The number of fused-ring (bicyclic) bond motifs is 1. The van der Waals surface area contributed by atoms with E-state index in [0.29, 0.717) is 26.9 Å². The summed E-state index contributed by atoms with van der Waals surface area (Å²) in [4.78, 5) is 24.2. The van der Waals surface area contributed by atoms with Gasteiger partial charge in [-0.1, -0.05) is 41.4 Å². The summed E-state index contributed by atoms with van der Waals surface area (Å²) >= 11 is 12.2. The number of hydrogen-bond donors (Lipinski definition) is 2. The summed E-state index contributed by atoms with van der Waals surface area (Å²) in [7, 11) is 0. The number of hydrazine groups is 1. The minimum absolute atomic E-state index is 0.314. The maximum absolute atomic E-state index is 12.7. The molecule has 2 N–H and O–H groups in total. The molecule has 0 unspecified atom stereocenters. The molecule has 0 bridgehead atoms. The lowest BCUT2D eigenvalue weighted by molar-refractivity contribution is -0.123. The molecular weight excluding hydrogens is 337 g/mol. The number of nitrogens with one attached hydrogen (secondary N) is 2. The Labute approximate surface area is 143 Å². The molecule has 1 heterocycles. The topological polar surface area (TPSA) is 61.4 Å². The van der Waals surface area contributed by atoms with Gasteiger partial charge in [-0.3, -0.25) is 15.0 Å². The van der Waals surface area contributed by atoms with Crippen LogP contribution >= 0.6 is 23.2 Å². The molecule has 1 aliphatic heterocycles. The molecule has 1 atom stereocenters. The molecule has 7 heteroatoms. The van der Waals surface area contributed by atoms with E-state index in [4.69, 9.17) is 23.2 Å². The standard InChI is InChI=1S/C16H13Cl2N3O2/c1-9(22)20-21-15(11-7-6-10(17)8-13(11)18)19-14-5-3-2-4-12(14)16(21)23/h2-8,15,19H,1H3,(H,20,22)/t15-/m0/s1. The molecule has 0 fully saturated rings. The highest BCUT2D eigenvalue weighted by Gasteiger charge is 2.34. The third-order valence-corrected chi connectivity index (χ3v) is 4.02. The number of nitrogens with zero attached hydrogens (tertiary/aromatic N) is 1. The van der Waals surface area contributed by atoms with Crippen LogP contribution in [0.2, 0.25) is 10.0 Å². The van der Waals surface area contributed by atoms with Gasteiger partial charge < -0.3 is 5.32 Å². The summed E-state index contributed by atoms with van der Waals surface area (Å²) in [5.74, 6) is -0.666. The molecule has 118 valence electrons. The van der Waals surface area contributed by atoms with E-state index in [1.807, 2.05) is 6.07 Å². The first-order valence-electron chi connectivity index (χ1n) is 6.88. The maximum Gasteiger partial charge on any atom is 0.276 e. The van der Waals surface area contributed by atoms with Crippen LogP contribution in [0.1, 0.15) is 29.0 Å². The number of anilines is 1. The van der Waals surface area contributed by atoms with Gasteiger partial charge >= 0.3 is 0 Å². The fraction of sp³-hybridized carbons (Fsp3) is 0.125. The number of amides is 2. The van der Waals surface area contributed by atoms with Crippen LogP contribution in [0.4, 0.5) is 5.69 Å². The summed E-state index contributed by atoms with van der Waals surface area (Å²) in [5.41, 5.74) is 4.34. The molecule has 23 heavy (non-hydrogen) atoms. The van der Waals surface area contributed by atoms with Gasteiger partial charge in [0.15, 0.2) is 0 Å². The van der Waals surface area contributed by atoms with Gasteiger partial charge in [-0.25, -0.2) is 5.01 Å². The van der Waals surface area contributed by atoms with Crippen LogP contribution in [0, 0.1) is 0 Å². The zero-order valence-corrected chi connectivity index (χ0v) is 13.7. The monoisotopic (exact) mass is 349 g/mol. The van der Waals surface area contributed by atoms with E-state index in [1.54, 1.807) is 36.4 Å². The minimum Gasteiger partial charge on any atom is -0.359 e. The summed E-state index contributed by atoms with van der Waals surface area (Å²) in [5, 5.41) is 5.35. The van der Waals surface area contributed by atoms with Gasteiger partial charge in [0.25, 0.3) is 5.91 Å². The predicted octanol–water partition coefficient (Wildman–Crippen LogP) is 3.61. The SMILES string of the molecule is CC(=O)NN1C(=O)c2ccccc2N[C@@H]1c1ccc(Cl)cc1Cl. The predicted molar refractivity (Wildman–Crippen MR) is 89.3 cm³/mol. The molecule has 0 saturated carbocycles. The Morgan fingerprint density at radius 1 is 1.22 bits per heavy atom. The van der Waals surface area contributed by atoms with Gasteiger partial charge in [0.1, 0.15) is 6.17 Å². The molecule has 5 nitrogen and oxygen atoms in total. The highest BCUT2D eigenvalue weighted by Crippen LogP contribution is 2.35. The third kappa shape index (κ3) is 2.98. The van der Waals surface area contributed by atoms with Crippen LogP contribution in [0.25, 0.3) is 0 Å². The molecular formula is C16H13Cl2N3O2. The molecule has 0 aliphatic carbocycles. The van der Waals surface area contributed by atoms with Crippen LogP contribution in [-0.2, 0) is 4.79 Å². The second-order valence-electron chi connectivity index (χ2n) is 5.10. The van der Waals surface area contributed by atoms with Crippen molar-refractivity contribution < 1.29 is 9.59 Å². The van der Waals surface area contributed by atoms with Crippen molar-refractivity contribution in [2.24, 2.45) is 0 Å². The van der Waals surface area contributed by atoms with Crippen molar-refractivity contribution in [3.63, 3.8) is 0 Å². The number of carbonyl (C=O) groups excluding carboxylic acids is 2. The number of benzene rings is 2. The van der Waals surface area contributed by atoms with Gasteiger partial charge in [-0.15, -0.1) is 0 Å². The zero-order chi connectivity index (χ0) is 16.6. The lowest BCUT2D eigenvalue weighted by Crippen LogP contribution is -2.52. The van der Waals surface area contributed by atoms with E-state index >= 15 is 0 Å². The second-order valence-corrected chi connectivity index (χ2v) is 5.95. The summed E-state index contributed by atoms with van der Waals surface area (Å²) < 4.78 is 0. The quantitative estimate of drug-likeness (QED) is 0.870. The number of halogens is 2. The van der Waals surface area contributed by atoms with Crippen molar-refractivity contribution >= 4 is 40.7 Å². The highest BCUT2D eigenvalue weighted by molar-refractivity contribution is 6.35. The molecule has 0 spiro atoms. The van der Waals surface area contributed by atoms with Crippen molar-refractivity contribution in [1.29, 1.82) is 0 Å². The zero-order valence-electron chi connectivity index (χ0n) is 12.1. The van der Waals surface area contributed by atoms with Crippen molar-refractivity contribution in [3.05, 3.63) is 63.6 Å². The first kappa shape index (κ1) is 15.6. The number of carbonyl (C=O) groups is 2. The van der Waals surface area contributed by atoms with Crippen molar-refractivity contribution in [2.75, 3.05) is 5.32 Å². The van der Waals surface area contributed by atoms with Crippen LogP contribution in [0.3, 0.4) is 0 Å². The summed E-state index contributed by atoms with van der Waals surface area (Å²) in [6.45, 7) is 1.34. The van der Waals surface area contributed by atoms with Gasteiger partial charge in [-0.2, -0.15) is 0 Å². The average molecular weight is 350 g/mol. The maximum atomic E-state index is 12.7. The Hall–Kier alpha value is -2.24. The Morgan fingerprint density at radius 2 is 1.96 bits per heavy atom. The fourth-order valence-electron chi connectivity index (χ4n) is 2.48. The number of hydrogen-bond acceptors (Lipinski definition) is 3. The van der Waals surface area contributed by atoms with E-state index in [2.05, 4.69) is 10.7 Å². The largest absolute Gasteiger partial charge is 0.359 e. The Kier molecular flexibility index (Phi) is 4.15. The number of rotatable bonds is 2. The average Bonchev–Trinajstić information content (AvgIpc) is 2.50. The lowest BCUT2D eigenvalue weighted by Gasteiger charge is -2.37. The highest BCUT2D eigenvalue weighted by atomic mass is 35.5. The first-order chi connectivity index (χ1) is 11.0. The summed E-state index contributed by atoms with van der Waals surface area (Å²) in [6.07, 6.45) is -0.633. The molecule has 2 aromatic carbocycles. The Balaban J connectivity index is 2.09. The van der Waals surface area contributed by atoms with E-state index in [9.17, 15) is 9.59 Å². The van der Waals surface area contributed by atoms with Crippen LogP contribution in [0.15, 0.2) is 42.5 Å². The fourth-order valence-corrected chi connectivity index (χ4v) is 2.99.